The minimum absolute atomic E-state index is 0.291. The van der Waals surface area contributed by atoms with E-state index < -0.39 is 11.3 Å². The van der Waals surface area contributed by atoms with Crippen LogP contribution in [0.2, 0.25) is 0 Å². The van der Waals surface area contributed by atoms with E-state index in [4.69, 9.17) is 4.42 Å². The molecule has 0 aliphatic carbocycles. The maximum absolute atomic E-state index is 12.2. The summed E-state index contributed by atoms with van der Waals surface area (Å²) in [5.41, 5.74) is 5.27. The van der Waals surface area contributed by atoms with Gasteiger partial charge in [0.05, 0.1) is 17.2 Å². The fourth-order valence-electron chi connectivity index (χ4n) is 1.72. The van der Waals surface area contributed by atoms with Gasteiger partial charge in [-0.3, -0.25) is 20.4 Å². The Labute approximate surface area is 117 Å². The molecule has 0 radical (unpaired) electrons. The number of rotatable bonds is 3. The molecule has 0 aliphatic heterocycles. The smallest absolute Gasteiger partial charge is 0.272 e. The zero-order valence-electron chi connectivity index (χ0n) is 11.3. The van der Waals surface area contributed by atoms with E-state index >= 15 is 0 Å². The largest absolute Gasteiger partial charge is 0.472 e. The Hall–Kier alpha value is -2.56. The van der Waals surface area contributed by atoms with E-state index in [0.717, 1.165) is 5.56 Å². The molecule has 2 aromatic rings. The Morgan fingerprint density at radius 3 is 2.35 bits per heavy atom. The van der Waals surface area contributed by atoms with Crippen LogP contribution in [-0.4, -0.2) is 11.8 Å². The number of carbonyl (C=O) groups is 2. The zero-order chi connectivity index (χ0) is 14.6. The minimum Gasteiger partial charge on any atom is -0.472 e. The molecule has 0 spiro atoms. The van der Waals surface area contributed by atoms with Gasteiger partial charge >= 0.3 is 0 Å². The molecule has 104 valence electrons. The molecule has 1 aromatic carbocycles. The molecular formula is C15H16N2O3. The number of nitrogens with one attached hydrogen (secondary N) is 2. The second kappa shape index (κ2) is 5.61. The van der Waals surface area contributed by atoms with Crippen molar-refractivity contribution in [3.05, 3.63) is 60.1 Å². The van der Waals surface area contributed by atoms with Gasteiger partial charge in [-0.15, -0.1) is 0 Å². The molecule has 5 heteroatoms. The van der Waals surface area contributed by atoms with Crippen molar-refractivity contribution in [2.45, 2.75) is 19.3 Å². The molecule has 0 saturated heterocycles. The molecule has 0 fully saturated rings. The third-order valence-electron chi connectivity index (χ3n) is 3.14. The second-order valence-corrected chi connectivity index (χ2v) is 4.91. The van der Waals surface area contributed by atoms with E-state index in [9.17, 15) is 9.59 Å². The van der Waals surface area contributed by atoms with E-state index in [1.807, 2.05) is 30.3 Å². The normalized spacial score (nSPS) is 10.9. The summed E-state index contributed by atoms with van der Waals surface area (Å²) in [5, 5.41) is 0. The molecule has 1 heterocycles. The maximum atomic E-state index is 12.2. The third-order valence-corrected chi connectivity index (χ3v) is 3.14. The monoisotopic (exact) mass is 272 g/mol. The lowest BCUT2D eigenvalue weighted by atomic mass is 9.84. The van der Waals surface area contributed by atoms with Crippen LogP contribution in [0.25, 0.3) is 0 Å². The van der Waals surface area contributed by atoms with Gasteiger partial charge in [0, 0.05) is 0 Å². The predicted octanol–water partition coefficient (Wildman–Crippen LogP) is 2.02. The summed E-state index contributed by atoms with van der Waals surface area (Å²) in [6.45, 7) is 3.59. The van der Waals surface area contributed by atoms with Gasteiger partial charge in [0.1, 0.15) is 6.26 Å². The summed E-state index contributed by atoms with van der Waals surface area (Å²) >= 11 is 0. The average molecular weight is 272 g/mol. The van der Waals surface area contributed by atoms with E-state index in [2.05, 4.69) is 10.9 Å². The van der Waals surface area contributed by atoms with Crippen molar-refractivity contribution in [3.8, 4) is 0 Å². The van der Waals surface area contributed by atoms with Gasteiger partial charge in [-0.25, -0.2) is 0 Å². The summed E-state index contributed by atoms with van der Waals surface area (Å²) < 4.78 is 4.81. The SMILES string of the molecule is CC(C)(C(=O)NNC(=O)c1ccoc1)c1ccccc1. The van der Waals surface area contributed by atoms with Gasteiger partial charge in [-0.2, -0.15) is 0 Å². The molecule has 0 atom stereocenters. The Morgan fingerprint density at radius 1 is 1.05 bits per heavy atom. The topological polar surface area (TPSA) is 71.3 Å². The van der Waals surface area contributed by atoms with Crippen molar-refractivity contribution in [2.75, 3.05) is 0 Å². The predicted molar refractivity (Wildman–Crippen MR) is 73.8 cm³/mol. The highest BCUT2D eigenvalue weighted by atomic mass is 16.3. The molecule has 2 N–H and O–H groups in total. The summed E-state index contributed by atoms with van der Waals surface area (Å²) in [4.78, 5) is 23.9. The Morgan fingerprint density at radius 2 is 1.75 bits per heavy atom. The van der Waals surface area contributed by atoms with E-state index in [0.29, 0.717) is 5.56 Å². The van der Waals surface area contributed by atoms with Crippen LogP contribution in [0.1, 0.15) is 29.8 Å². The maximum Gasteiger partial charge on any atom is 0.272 e. The molecule has 0 bridgehead atoms. The van der Waals surface area contributed by atoms with Crippen LogP contribution in [0.5, 0.6) is 0 Å². The highest BCUT2D eigenvalue weighted by Crippen LogP contribution is 2.22. The van der Waals surface area contributed by atoms with E-state index in [1.165, 1.54) is 18.6 Å². The molecular weight excluding hydrogens is 256 g/mol. The molecule has 20 heavy (non-hydrogen) atoms. The third kappa shape index (κ3) is 2.88. The van der Waals surface area contributed by atoms with Crippen molar-refractivity contribution in [1.82, 2.24) is 10.9 Å². The van der Waals surface area contributed by atoms with Crippen LogP contribution in [0, 0.1) is 0 Å². The zero-order valence-corrected chi connectivity index (χ0v) is 11.3. The second-order valence-electron chi connectivity index (χ2n) is 4.91. The molecule has 2 amide bonds. The van der Waals surface area contributed by atoms with E-state index in [1.54, 1.807) is 13.8 Å². The Bertz CT molecular complexity index is 589. The van der Waals surface area contributed by atoms with Crippen molar-refractivity contribution in [3.63, 3.8) is 0 Å². The lowest BCUT2D eigenvalue weighted by Gasteiger charge is -2.24. The fourth-order valence-corrected chi connectivity index (χ4v) is 1.72. The first kappa shape index (κ1) is 13.9. The fraction of sp³-hybridized carbons (Fsp3) is 0.200. The summed E-state index contributed by atoms with van der Waals surface area (Å²) in [6, 6.07) is 10.9. The molecule has 1 aromatic heterocycles. The first-order valence-electron chi connectivity index (χ1n) is 6.20. The van der Waals surface area contributed by atoms with Gasteiger partial charge in [-0.1, -0.05) is 30.3 Å². The van der Waals surface area contributed by atoms with Crippen LogP contribution in [-0.2, 0) is 10.2 Å². The minimum atomic E-state index is -0.745. The highest BCUT2D eigenvalue weighted by Gasteiger charge is 2.29. The summed E-state index contributed by atoms with van der Waals surface area (Å²) in [6.07, 6.45) is 2.70. The standard InChI is InChI=1S/C15H16N2O3/c1-15(2,12-6-4-3-5-7-12)14(19)17-16-13(18)11-8-9-20-10-11/h3-10H,1-2H3,(H,16,18)(H,17,19). The molecule has 2 rings (SSSR count). The number of hydrogen-bond donors (Lipinski definition) is 2. The van der Waals surface area contributed by atoms with Gasteiger partial charge in [0.15, 0.2) is 0 Å². The molecule has 5 nitrogen and oxygen atoms in total. The van der Waals surface area contributed by atoms with Gasteiger partial charge < -0.3 is 4.42 Å². The Kier molecular flexibility index (Phi) is 3.89. The van der Waals surface area contributed by atoms with Crippen LogP contribution >= 0.6 is 0 Å². The first-order valence-corrected chi connectivity index (χ1v) is 6.20. The van der Waals surface area contributed by atoms with Crippen molar-refractivity contribution >= 4 is 11.8 Å². The average Bonchev–Trinajstić information content (AvgIpc) is 2.99. The van der Waals surface area contributed by atoms with Gasteiger partial charge in [-0.05, 0) is 25.5 Å². The van der Waals surface area contributed by atoms with Gasteiger partial charge in [0.25, 0.3) is 5.91 Å². The number of hydrogen-bond acceptors (Lipinski definition) is 3. The van der Waals surface area contributed by atoms with E-state index in [-0.39, 0.29) is 5.91 Å². The van der Waals surface area contributed by atoms with Crippen LogP contribution in [0.3, 0.4) is 0 Å². The quantitative estimate of drug-likeness (QED) is 0.840. The number of benzene rings is 1. The molecule has 0 unspecified atom stereocenters. The number of carbonyl (C=O) groups excluding carboxylic acids is 2. The Balaban J connectivity index is 2.00. The highest BCUT2D eigenvalue weighted by molar-refractivity contribution is 5.96. The van der Waals surface area contributed by atoms with Crippen LogP contribution < -0.4 is 10.9 Å². The summed E-state index contributed by atoms with van der Waals surface area (Å²) in [7, 11) is 0. The molecule has 0 aliphatic rings. The number of furan rings is 1. The lowest BCUT2D eigenvalue weighted by molar-refractivity contribution is -0.126. The van der Waals surface area contributed by atoms with Crippen molar-refractivity contribution in [1.29, 1.82) is 0 Å². The summed E-state index contributed by atoms with van der Waals surface area (Å²) in [5.74, 6) is -0.712. The van der Waals surface area contributed by atoms with Crippen molar-refractivity contribution < 1.29 is 14.0 Å². The number of hydrazine groups is 1. The van der Waals surface area contributed by atoms with Crippen LogP contribution in [0.15, 0.2) is 53.3 Å². The van der Waals surface area contributed by atoms with Crippen molar-refractivity contribution in [2.24, 2.45) is 0 Å². The van der Waals surface area contributed by atoms with Crippen LogP contribution in [0.4, 0.5) is 0 Å². The molecule has 0 saturated carbocycles. The number of amides is 2. The van der Waals surface area contributed by atoms with Gasteiger partial charge in [0.2, 0.25) is 5.91 Å². The first-order chi connectivity index (χ1) is 9.51. The lowest BCUT2D eigenvalue weighted by Crippen LogP contribution is -2.49.